The first-order valence-electron chi connectivity index (χ1n) is 6.39. The van der Waals surface area contributed by atoms with Crippen LogP contribution in [0.3, 0.4) is 0 Å². The van der Waals surface area contributed by atoms with Gasteiger partial charge >= 0.3 is 6.03 Å². The average Bonchev–Trinajstić information content (AvgIpc) is 2.39. The minimum absolute atomic E-state index is 0.0187. The maximum atomic E-state index is 12.1. The van der Waals surface area contributed by atoms with Crippen molar-refractivity contribution in [3.63, 3.8) is 0 Å². The Balaban J connectivity index is 1.97. The van der Waals surface area contributed by atoms with Gasteiger partial charge in [-0.3, -0.25) is 0 Å². The van der Waals surface area contributed by atoms with Gasteiger partial charge in [0, 0.05) is 24.8 Å². The van der Waals surface area contributed by atoms with Gasteiger partial charge in [-0.2, -0.15) is 0 Å². The Morgan fingerprint density at radius 2 is 2.33 bits per heavy atom. The van der Waals surface area contributed by atoms with Gasteiger partial charge in [-0.05, 0) is 30.9 Å². The number of benzene rings is 1. The summed E-state index contributed by atoms with van der Waals surface area (Å²) in [6.45, 7) is 3.88. The molecule has 98 valence electrons. The van der Waals surface area contributed by atoms with E-state index in [-0.39, 0.29) is 6.03 Å². The summed E-state index contributed by atoms with van der Waals surface area (Å²) >= 11 is 0. The SMILES string of the molecule is COc1cccc(NC(=O)N2CCC[C@H](C)C2)c1. The van der Waals surface area contributed by atoms with Crippen molar-refractivity contribution in [2.75, 3.05) is 25.5 Å². The zero-order valence-electron chi connectivity index (χ0n) is 11.0. The number of hydrogen-bond acceptors (Lipinski definition) is 2. The molecule has 0 unspecified atom stereocenters. The van der Waals surface area contributed by atoms with Gasteiger partial charge in [-0.25, -0.2) is 4.79 Å². The Labute approximate surface area is 108 Å². The fourth-order valence-electron chi connectivity index (χ4n) is 2.28. The van der Waals surface area contributed by atoms with Crippen molar-refractivity contribution in [1.29, 1.82) is 0 Å². The molecule has 1 aliphatic rings. The van der Waals surface area contributed by atoms with Crippen molar-refractivity contribution in [1.82, 2.24) is 4.90 Å². The summed E-state index contributed by atoms with van der Waals surface area (Å²) in [6.07, 6.45) is 2.30. The Morgan fingerprint density at radius 1 is 1.50 bits per heavy atom. The van der Waals surface area contributed by atoms with Crippen LogP contribution in [0.5, 0.6) is 5.75 Å². The van der Waals surface area contributed by atoms with Crippen molar-refractivity contribution >= 4 is 11.7 Å². The van der Waals surface area contributed by atoms with Gasteiger partial charge in [-0.1, -0.05) is 13.0 Å². The van der Waals surface area contributed by atoms with E-state index in [1.165, 1.54) is 6.42 Å². The molecule has 1 heterocycles. The van der Waals surface area contributed by atoms with Crippen LogP contribution in [0.2, 0.25) is 0 Å². The molecule has 0 spiro atoms. The number of carbonyl (C=O) groups is 1. The van der Waals surface area contributed by atoms with Crippen LogP contribution in [0.4, 0.5) is 10.5 Å². The fraction of sp³-hybridized carbons (Fsp3) is 0.500. The third-order valence-corrected chi connectivity index (χ3v) is 3.27. The van der Waals surface area contributed by atoms with Crippen molar-refractivity contribution < 1.29 is 9.53 Å². The first-order chi connectivity index (χ1) is 8.69. The number of carbonyl (C=O) groups excluding carboxylic acids is 1. The molecule has 1 fully saturated rings. The maximum absolute atomic E-state index is 12.1. The monoisotopic (exact) mass is 248 g/mol. The Hall–Kier alpha value is -1.71. The van der Waals surface area contributed by atoms with Crippen LogP contribution in [0.15, 0.2) is 24.3 Å². The van der Waals surface area contributed by atoms with E-state index in [1.54, 1.807) is 7.11 Å². The molecule has 2 rings (SSSR count). The number of nitrogens with one attached hydrogen (secondary N) is 1. The van der Waals surface area contributed by atoms with E-state index < -0.39 is 0 Å². The van der Waals surface area contributed by atoms with Crippen LogP contribution in [-0.4, -0.2) is 31.1 Å². The van der Waals surface area contributed by atoms with Crippen molar-refractivity contribution in [2.24, 2.45) is 5.92 Å². The molecule has 1 saturated heterocycles. The minimum Gasteiger partial charge on any atom is -0.497 e. The maximum Gasteiger partial charge on any atom is 0.321 e. The van der Waals surface area contributed by atoms with Gasteiger partial charge in [-0.15, -0.1) is 0 Å². The Morgan fingerprint density at radius 3 is 3.06 bits per heavy atom. The predicted molar refractivity (Wildman–Crippen MR) is 72.0 cm³/mol. The molecule has 0 radical (unpaired) electrons. The van der Waals surface area contributed by atoms with Crippen LogP contribution < -0.4 is 10.1 Å². The van der Waals surface area contributed by atoms with Gasteiger partial charge in [0.2, 0.25) is 0 Å². The summed E-state index contributed by atoms with van der Waals surface area (Å²) < 4.78 is 5.13. The molecule has 18 heavy (non-hydrogen) atoms. The number of ether oxygens (including phenoxy) is 1. The molecule has 1 atom stereocenters. The summed E-state index contributed by atoms with van der Waals surface area (Å²) in [5.74, 6) is 1.34. The van der Waals surface area contributed by atoms with Crippen LogP contribution >= 0.6 is 0 Å². The summed E-state index contributed by atoms with van der Waals surface area (Å²) in [4.78, 5) is 14.0. The fourth-order valence-corrected chi connectivity index (χ4v) is 2.28. The number of hydrogen-bond donors (Lipinski definition) is 1. The van der Waals surface area contributed by atoms with Crippen LogP contribution in [0, 0.1) is 5.92 Å². The summed E-state index contributed by atoms with van der Waals surface area (Å²) in [5.41, 5.74) is 0.776. The van der Waals surface area contributed by atoms with Gasteiger partial charge in [0.1, 0.15) is 5.75 Å². The molecule has 1 N–H and O–H groups in total. The van der Waals surface area contributed by atoms with Crippen molar-refractivity contribution in [2.45, 2.75) is 19.8 Å². The average molecular weight is 248 g/mol. The van der Waals surface area contributed by atoms with E-state index in [4.69, 9.17) is 4.74 Å². The lowest BCUT2D eigenvalue weighted by Gasteiger charge is -2.30. The molecule has 2 amide bonds. The lowest BCUT2D eigenvalue weighted by Crippen LogP contribution is -2.41. The largest absolute Gasteiger partial charge is 0.497 e. The van der Waals surface area contributed by atoms with Crippen LogP contribution in [0.1, 0.15) is 19.8 Å². The number of amides is 2. The number of methoxy groups -OCH3 is 1. The van der Waals surface area contributed by atoms with Crippen LogP contribution in [-0.2, 0) is 0 Å². The highest BCUT2D eigenvalue weighted by molar-refractivity contribution is 5.89. The number of nitrogens with zero attached hydrogens (tertiary/aromatic N) is 1. The minimum atomic E-state index is -0.0187. The third kappa shape index (κ3) is 3.15. The highest BCUT2D eigenvalue weighted by Gasteiger charge is 2.20. The molecule has 0 bridgehead atoms. The highest BCUT2D eigenvalue weighted by atomic mass is 16.5. The number of urea groups is 1. The van der Waals surface area contributed by atoms with Gasteiger partial charge in [0.05, 0.1) is 7.11 Å². The second kappa shape index (κ2) is 5.76. The zero-order valence-corrected chi connectivity index (χ0v) is 11.0. The van der Waals surface area contributed by atoms with E-state index >= 15 is 0 Å². The summed E-state index contributed by atoms with van der Waals surface area (Å²) in [5, 5.41) is 2.91. The molecule has 1 aromatic rings. The second-order valence-electron chi connectivity index (χ2n) is 4.86. The lowest BCUT2D eigenvalue weighted by atomic mass is 10.0. The standard InChI is InChI=1S/C14H20N2O2/c1-11-5-4-8-16(10-11)14(17)15-12-6-3-7-13(9-12)18-2/h3,6-7,9,11H,4-5,8,10H2,1-2H3,(H,15,17)/t11-/m0/s1. The first-order valence-corrected chi connectivity index (χ1v) is 6.39. The molecular formula is C14H20N2O2. The molecular weight excluding hydrogens is 228 g/mol. The second-order valence-corrected chi connectivity index (χ2v) is 4.86. The van der Waals surface area contributed by atoms with Crippen molar-refractivity contribution in [3.8, 4) is 5.75 Å². The van der Waals surface area contributed by atoms with Crippen LogP contribution in [0.25, 0.3) is 0 Å². The first kappa shape index (κ1) is 12.7. The number of likely N-dealkylation sites (tertiary alicyclic amines) is 1. The van der Waals surface area contributed by atoms with E-state index in [0.717, 1.165) is 30.9 Å². The molecule has 4 heteroatoms. The quantitative estimate of drug-likeness (QED) is 0.874. The van der Waals surface area contributed by atoms with Crippen molar-refractivity contribution in [3.05, 3.63) is 24.3 Å². The van der Waals surface area contributed by atoms with E-state index in [1.807, 2.05) is 29.2 Å². The number of rotatable bonds is 2. The summed E-state index contributed by atoms with van der Waals surface area (Å²) in [6, 6.07) is 7.40. The van der Waals surface area contributed by atoms with Gasteiger partial charge < -0.3 is 15.0 Å². The highest BCUT2D eigenvalue weighted by Crippen LogP contribution is 2.19. The van der Waals surface area contributed by atoms with E-state index in [0.29, 0.717) is 5.92 Å². The molecule has 4 nitrogen and oxygen atoms in total. The topological polar surface area (TPSA) is 41.6 Å². The predicted octanol–water partition coefficient (Wildman–Crippen LogP) is 2.96. The summed E-state index contributed by atoms with van der Waals surface area (Å²) in [7, 11) is 1.62. The van der Waals surface area contributed by atoms with E-state index in [2.05, 4.69) is 12.2 Å². The molecule has 0 aromatic heterocycles. The molecule has 1 aliphatic heterocycles. The Kier molecular flexibility index (Phi) is 4.07. The van der Waals surface area contributed by atoms with E-state index in [9.17, 15) is 4.79 Å². The third-order valence-electron chi connectivity index (χ3n) is 3.27. The number of anilines is 1. The normalized spacial score (nSPS) is 19.4. The smallest absolute Gasteiger partial charge is 0.321 e. The lowest BCUT2D eigenvalue weighted by molar-refractivity contribution is 0.182. The van der Waals surface area contributed by atoms with Gasteiger partial charge in [0.25, 0.3) is 0 Å². The zero-order chi connectivity index (χ0) is 13.0. The molecule has 0 aliphatic carbocycles. The molecule has 1 aromatic carbocycles. The van der Waals surface area contributed by atoms with Gasteiger partial charge in [0.15, 0.2) is 0 Å². The Bertz CT molecular complexity index is 420. The molecule has 0 saturated carbocycles. The number of piperidine rings is 1.